The van der Waals surface area contributed by atoms with Gasteiger partial charge in [0.15, 0.2) is 5.76 Å². The molecule has 1 unspecified atom stereocenters. The smallest absolute Gasteiger partial charge is 0.321 e. The molecule has 7 nitrogen and oxygen atoms in total. The monoisotopic (exact) mass is 262 g/mol. The summed E-state index contributed by atoms with van der Waals surface area (Å²) in [4.78, 5) is 10.7. The summed E-state index contributed by atoms with van der Waals surface area (Å²) in [5, 5.41) is 12.3. The molecule has 0 aromatic carbocycles. The van der Waals surface area contributed by atoms with Crippen LogP contribution < -0.4 is 4.72 Å². The van der Waals surface area contributed by atoms with Gasteiger partial charge in [0.1, 0.15) is 16.6 Å². The van der Waals surface area contributed by atoms with Gasteiger partial charge in [0.2, 0.25) is 10.0 Å². The first-order chi connectivity index (χ1) is 7.79. The van der Waals surface area contributed by atoms with Gasteiger partial charge in [0.05, 0.1) is 0 Å². The van der Waals surface area contributed by atoms with Crippen molar-refractivity contribution >= 4 is 16.0 Å². The van der Waals surface area contributed by atoms with E-state index >= 15 is 0 Å². The van der Waals surface area contributed by atoms with Gasteiger partial charge in [-0.25, -0.2) is 8.42 Å². The zero-order valence-electron chi connectivity index (χ0n) is 9.72. The van der Waals surface area contributed by atoms with Gasteiger partial charge in [-0.1, -0.05) is 12.1 Å². The molecule has 0 aliphatic heterocycles. The second-order valence-electron chi connectivity index (χ2n) is 3.57. The molecule has 1 atom stereocenters. The highest BCUT2D eigenvalue weighted by Gasteiger charge is 2.29. The lowest BCUT2D eigenvalue weighted by Crippen LogP contribution is -2.40. The Morgan fingerprint density at radius 1 is 1.53 bits per heavy atom. The van der Waals surface area contributed by atoms with Crippen molar-refractivity contribution in [1.82, 2.24) is 9.88 Å². The molecule has 0 saturated heterocycles. The molecule has 1 rings (SSSR count). The van der Waals surface area contributed by atoms with E-state index in [4.69, 9.17) is 9.63 Å². The Hall–Kier alpha value is -1.41. The first-order valence-corrected chi connectivity index (χ1v) is 6.46. The van der Waals surface area contributed by atoms with Gasteiger partial charge >= 0.3 is 5.97 Å². The van der Waals surface area contributed by atoms with Crippen LogP contribution in [0.4, 0.5) is 0 Å². The van der Waals surface area contributed by atoms with E-state index in [2.05, 4.69) is 9.88 Å². The summed E-state index contributed by atoms with van der Waals surface area (Å²) in [6, 6.07) is -1.16. The summed E-state index contributed by atoms with van der Waals surface area (Å²) in [5.74, 6) is -1.09. The van der Waals surface area contributed by atoms with Crippen molar-refractivity contribution in [2.24, 2.45) is 0 Å². The van der Waals surface area contributed by atoms with Crippen LogP contribution in [0.25, 0.3) is 0 Å². The predicted molar refractivity (Wildman–Crippen MR) is 58.0 cm³/mol. The zero-order valence-corrected chi connectivity index (χ0v) is 10.5. The number of nitrogens with one attached hydrogen (secondary N) is 1. The third-order valence-electron chi connectivity index (χ3n) is 2.24. The van der Waals surface area contributed by atoms with Crippen LogP contribution in [0.5, 0.6) is 0 Å². The standard InChI is InChI=1S/C9H14N2O5S/c1-4-7(9(12)13)11-17(14,15)8-5(2)10-16-6(8)3/h7,11H,4H2,1-3H3,(H,12,13). The van der Waals surface area contributed by atoms with Crippen LogP contribution >= 0.6 is 0 Å². The molecule has 0 spiro atoms. The minimum Gasteiger partial charge on any atom is -0.480 e. The first-order valence-electron chi connectivity index (χ1n) is 4.97. The van der Waals surface area contributed by atoms with Crippen LogP contribution in [0.2, 0.25) is 0 Å². The fourth-order valence-electron chi connectivity index (χ4n) is 1.41. The summed E-state index contributed by atoms with van der Waals surface area (Å²) in [6.45, 7) is 4.51. The Kier molecular flexibility index (Phi) is 3.89. The van der Waals surface area contributed by atoms with Gasteiger partial charge in [-0.2, -0.15) is 4.72 Å². The zero-order chi connectivity index (χ0) is 13.2. The summed E-state index contributed by atoms with van der Waals surface area (Å²) in [6.07, 6.45) is 0.151. The van der Waals surface area contributed by atoms with Crippen molar-refractivity contribution < 1.29 is 22.8 Å². The summed E-state index contributed by atoms with van der Waals surface area (Å²) in [7, 11) is -3.92. The molecule has 0 aliphatic rings. The number of aliphatic carboxylic acids is 1. The van der Waals surface area contributed by atoms with Gasteiger partial charge < -0.3 is 9.63 Å². The molecule has 17 heavy (non-hydrogen) atoms. The van der Waals surface area contributed by atoms with Crippen LogP contribution in [-0.2, 0) is 14.8 Å². The molecule has 2 N–H and O–H groups in total. The van der Waals surface area contributed by atoms with Gasteiger partial charge in [-0.3, -0.25) is 4.79 Å². The summed E-state index contributed by atoms with van der Waals surface area (Å²) < 4.78 is 30.7. The Balaban J connectivity index is 3.09. The Morgan fingerprint density at radius 3 is 2.47 bits per heavy atom. The van der Waals surface area contributed by atoms with E-state index in [9.17, 15) is 13.2 Å². The van der Waals surface area contributed by atoms with Gasteiger partial charge in [-0.05, 0) is 20.3 Å². The molecule has 0 amide bonds. The van der Waals surface area contributed by atoms with Crippen molar-refractivity contribution in [3.8, 4) is 0 Å². The van der Waals surface area contributed by atoms with Crippen molar-refractivity contribution in [3.05, 3.63) is 11.5 Å². The number of carboxylic acids is 1. The Labute approximate surface area is 98.9 Å². The minimum atomic E-state index is -3.92. The Morgan fingerprint density at radius 2 is 2.12 bits per heavy atom. The minimum absolute atomic E-state index is 0.0998. The molecule has 0 aliphatic carbocycles. The number of rotatable bonds is 5. The largest absolute Gasteiger partial charge is 0.480 e. The van der Waals surface area contributed by atoms with Crippen LogP contribution in [-0.4, -0.2) is 30.7 Å². The third kappa shape index (κ3) is 2.83. The maximum Gasteiger partial charge on any atom is 0.321 e. The fraction of sp³-hybridized carbons (Fsp3) is 0.556. The topological polar surface area (TPSA) is 110 Å². The number of hydrogen-bond acceptors (Lipinski definition) is 5. The molecule has 1 aromatic heterocycles. The van der Waals surface area contributed by atoms with Crippen LogP contribution in [0.3, 0.4) is 0 Å². The lowest BCUT2D eigenvalue weighted by atomic mass is 10.2. The third-order valence-corrected chi connectivity index (χ3v) is 3.96. The van der Waals surface area contributed by atoms with E-state index in [0.29, 0.717) is 0 Å². The van der Waals surface area contributed by atoms with Crippen molar-refractivity contribution in [1.29, 1.82) is 0 Å². The molecular weight excluding hydrogens is 248 g/mol. The van der Waals surface area contributed by atoms with E-state index in [-0.39, 0.29) is 22.8 Å². The highest BCUT2D eigenvalue weighted by Crippen LogP contribution is 2.19. The van der Waals surface area contributed by atoms with Crippen LogP contribution in [0.15, 0.2) is 9.42 Å². The molecular formula is C9H14N2O5S. The molecule has 1 aromatic rings. The molecule has 0 bridgehead atoms. The fourth-order valence-corrected chi connectivity index (χ4v) is 3.01. The van der Waals surface area contributed by atoms with Crippen LogP contribution in [0.1, 0.15) is 24.8 Å². The molecule has 1 heterocycles. The van der Waals surface area contributed by atoms with E-state index < -0.39 is 22.0 Å². The van der Waals surface area contributed by atoms with Crippen molar-refractivity contribution in [3.63, 3.8) is 0 Å². The molecule has 8 heteroatoms. The number of hydrogen-bond donors (Lipinski definition) is 2. The van der Waals surface area contributed by atoms with Crippen molar-refractivity contribution in [2.45, 2.75) is 38.1 Å². The summed E-state index contributed by atoms with van der Waals surface area (Å²) in [5.41, 5.74) is 0.204. The van der Waals surface area contributed by atoms with Crippen molar-refractivity contribution in [2.75, 3.05) is 0 Å². The first kappa shape index (κ1) is 13.7. The number of sulfonamides is 1. The molecule has 0 fully saturated rings. The number of aromatic nitrogens is 1. The number of nitrogens with zero attached hydrogens (tertiary/aromatic N) is 1. The lowest BCUT2D eigenvalue weighted by Gasteiger charge is -2.12. The molecule has 96 valence electrons. The van der Waals surface area contributed by atoms with Gasteiger partial charge in [-0.15, -0.1) is 0 Å². The van der Waals surface area contributed by atoms with E-state index in [1.54, 1.807) is 6.92 Å². The Bertz CT molecular complexity index is 500. The van der Waals surface area contributed by atoms with Crippen LogP contribution in [0, 0.1) is 13.8 Å². The second kappa shape index (κ2) is 4.84. The number of carbonyl (C=O) groups is 1. The molecule has 0 saturated carbocycles. The second-order valence-corrected chi connectivity index (χ2v) is 5.22. The highest BCUT2D eigenvalue weighted by molar-refractivity contribution is 7.89. The van der Waals surface area contributed by atoms with E-state index in [0.717, 1.165) is 0 Å². The highest BCUT2D eigenvalue weighted by atomic mass is 32.2. The van der Waals surface area contributed by atoms with Gasteiger partial charge in [0.25, 0.3) is 0 Å². The number of aryl methyl sites for hydroxylation is 2. The summed E-state index contributed by atoms with van der Waals surface area (Å²) >= 11 is 0. The maximum absolute atomic E-state index is 11.9. The van der Waals surface area contributed by atoms with E-state index in [1.165, 1.54) is 13.8 Å². The average Bonchev–Trinajstić information content (AvgIpc) is 2.55. The normalized spacial score (nSPS) is 13.6. The molecule has 0 radical (unpaired) electrons. The SMILES string of the molecule is CCC(NS(=O)(=O)c1c(C)noc1C)C(=O)O. The maximum atomic E-state index is 11.9. The van der Waals surface area contributed by atoms with Gasteiger partial charge in [0, 0.05) is 0 Å². The average molecular weight is 262 g/mol. The quantitative estimate of drug-likeness (QED) is 0.796. The number of carboxylic acid groups (broad SMARTS) is 1. The lowest BCUT2D eigenvalue weighted by molar-refractivity contribution is -0.139. The predicted octanol–water partition coefficient (Wildman–Crippen LogP) is 0.433. The van der Waals surface area contributed by atoms with E-state index in [1.807, 2.05) is 0 Å².